The highest BCUT2D eigenvalue weighted by atomic mass is 16.5. The van der Waals surface area contributed by atoms with Crippen molar-refractivity contribution in [1.82, 2.24) is 15.2 Å². The van der Waals surface area contributed by atoms with Gasteiger partial charge in [-0.3, -0.25) is 9.88 Å². The summed E-state index contributed by atoms with van der Waals surface area (Å²) in [6, 6.07) is 4.26. The third-order valence-electron chi connectivity index (χ3n) is 2.89. The van der Waals surface area contributed by atoms with Crippen LogP contribution in [-0.4, -0.2) is 43.7 Å². The first kappa shape index (κ1) is 16.1. The summed E-state index contributed by atoms with van der Waals surface area (Å²) in [5, 5.41) is 3.13. The first-order chi connectivity index (χ1) is 9.15. The van der Waals surface area contributed by atoms with Gasteiger partial charge in [-0.15, -0.1) is 0 Å². The van der Waals surface area contributed by atoms with E-state index in [0.29, 0.717) is 5.92 Å². The molecule has 0 amide bonds. The summed E-state index contributed by atoms with van der Waals surface area (Å²) in [6.45, 7) is 9.03. The Morgan fingerprint density at radius 1 is 1.37 bits per heavy atom. The monoisotopic (exact) mass is 265 g/mol. The van der Waals surface area contributed by atoms with Crippen molar-refractivity contribution in [3.8, 4) is 0 Å². The summed E-state index contributed by atoms with van der Waals surface area (Å²) in [5.74, 6) is 0.653. The predicted octanol–water partition coefficient (Wildman–Crippen LogP) is 1.91. The van der Waals surface area contributed by atoms with Crippen LogP contribution in [-0.2, 0) is 17.8 Å². The minimum atomic E-state index is 0.653. The van der Waals surface area contributed by atoms with E-state index in [0.717, 1.165) is 38.5 Å². The zero-order valence-electron chi connectivity index (χ0n) is 12.6. The zero-order valence-corrected chi connectivity index (χ0v) is 12.6. The van der Waals surface area contributed by atoms with Crippen molar-refractivity contribution in [2.75, 3.05) is 33.9 Å². The van der Waals surface area contributed by atoms with E-state index in [-0.39, 0.29) is 0 Å². The molecule has 1 aromatic heterocycles. The zero-order chi connectivity index (χ0) is 14.1. The van der Waals surface area contributed by atoms with Crippen LogP contribution in [0.15, 0.2) is 18.3 Å². The lowest BCUT2D eigenvalue weighted by Gasteiger charge is -2.23. The number of nitrogens with zero attached hydrogens (tertiary/aromatic N) is 2. The van der Waals surface area contributed by atoms with Gasteiger partial charge in [0.2, 0.25) is 0 Å². The summed E-state index contributed by atoms with van der Waals surface area (Å²) in [6.07, 6.45) is 1.95. The van der Waals surface area contributed by atoms with E-state index in [9.17, 15) is 0 Å². The molecule has 0 aliphatic heterocycles. The molecular formula is C15H27N3O. The third kappa shape index (κ3) is 6.66. The van der Waals surface area contributed by atoms with Crippen LogP contribution >= 0.6 is 0 Å². The molecule has 19 heavy (non-hydrogen) atoms. The van der Waals surface area contributed by atoms with Crippen LogP contribution in [0.4, 0.5) is 0 Å². The van der Waals surface area contributed by atoms with Gasteiger partial charge in [0.1, 0.15) is 0 Å². The second-order valence-electron chi connectivity index (χ2n) is 5.31. The van der Waals surface area contributed by atoms with Crippen molar-refractivity contribution in [2.45, 2.75) is 26.9 Å². The number of ether oxygens (including phenoxy) is 1. The van der Waals surface area contributed by atoms with Gasteiger partial charge in [-0.1, -0.05) is 19.9 Å². The molecule has 1 N–H and O–H groups in total. The molecule has 1 aromatic rings. The van der Waals surface area contributed by atoms with Gasteiger partial charge < -0.3 is 10.1 Å². The van der Waals surface area contributed by atoms with E-state index in [1.807, 2.05) is 13.2 Å². The van der Waals surface area contributed by atoms with Crippen molar-refractivity contribution in [2.24, 2.45) is 5.92 Å². The molecular weight excluding hydrogens is 238 g/mol. The molecule has 4 nitrogen and oxygen atoms in total. The quantitative estimate of drug-likeness (QED) is 0.740. The first-order valence-corrected chi connectivity index (χ1v) is 6.95. The molecule has 108 valence electrons. The molecule has 0 saturated heterocycles. The minimum absolute atomic E-state index is 0.653. The fourth-order valence-electron chi connectivity index (χ4n) is 2.06. The molecule has 0 aromatic carbocycles. The fourth-order valence-corrected chi connectivity index (χ4v) is 2.06. The number of aromatic nitrogens is 1. The van der Waals surface area contributed by atoms with Gasteiger partial charge in [0.25, 0.3) is 0 Å². The highest BCUT2D eigenvalue weighted by Gasteiger charge is 2.08. The average Bonchev–Trinajstić information content (AvgIpc) is 2.38. The predicted molar refractivity (Wildman–Crippen MR) is 79.0 cm³/mol. The van der Waals surface area contributed by atoms with Crippen LogP contribution in [0.25, 0.3) is 0 Å². The van der Waals surface area contributed by atoms with Gasteiger partial charge >= 0.3 is 0 Å². The first-order valence-electron chi connectivity index (χ1n) is 6.95. The maximum absolute atomic E-state index is 5.17. The van der Waals surface area contributed by atoms with E-state index < -0.39 is 0 Å². The number of hydrogen-bond donors (Lipinski definition) is 1. The number of nitrogens with one attached hydrogen (secondary N) is 1. The Morgan fingerprint density at radius 3 is 2.68 bits per heavy atom. The largest absolute Gasteiger partial charge is 0.383 e. The fraction of sp³-hybridized carbons (Fsp3) is 0.667. The van der Waals surface area contributed by atoms with Crippen molar-refractivity contribution < 1.29 is 4.74 Å². The molecule has 0 aliphatic carbocycles. The van der Waals surface area contributed by atoms with E-state index in [1.54, 1.807) is 7.11 Å². The van der Waals surface area contributed by atoms with Crippen LogP contribution < -0.4 is 5.32 Å². The molecule has 0 spiro atoms. The van der Waals surface area contributed by atoms with Crippen LogP contribution in [0.2, 0.25) is 0 Å². The topological polar surface area (TPSA) is 37.4 Å². The molecule has 0 bridgehead atoms. The standard InChI is InChI=1S/C15H27N3O/c1-13(2)11-18(7-8-19-4)12-15-6-5-14(9-16-3)10-17-15/h5-6,10,13,16H,7-9,11-12H2,1-4H3. The van der Waals surface area contributed by atoms with E-state index >= 15 is 0 Å². The van der Waals surface area contributed by atoms with Crippen LogP contribution in [0, 0.1) is 5.92 Å². The summed E-state index contributed by atoms with van der Waals surface area (Å²) in [7, 11) is 3.70. The van der Waals surface area contributed by atoms with E-state index in [2.05, 4.69) is 41.2 Å². The summed E-state index contributed by atoms with van der Waals surface area (Å²) in [5.41, 5.74) is 2.34. The lowest BCUT2D eigenvalue weighted by atomic mass is 10.2. The molecule has 4 heteroatoms. The molecule has 0 radical (unpaired) electrons. The Bertz CT molecular complexity index is 338. The molecule has 1 rings (SSSR count). The number of hydrogen-bond acceptors (Lipinski definition) is 4. The highest BCUT2D eigenvalue weighted by Crippen LogP contribution is 2.06. The van der Waals surface area contributed by atoms with Gasteiger partial charge in [-0.25, -0.2) is 0 Å². The van der Waals surface area contributed by atoms with Gasteiger partial charge in [0.15, 0.2) is 0 Å². The van der Waals surface area contributed by atoms with Crippen molar-refractivity contribution >= 4 is 0 Å². The molecule has 0 saturated carbocycles. The minimum Gasteiger partial charge on any atom is -0.383 e. The highest BCUT2D eigenvalue weighted by molar-refractivity contribution is 5.13. The third-order valence-corrected chi connectivity index (χ3v) is 2.89. The molecule has 0 unspecified atom stereocenters. The van der Waals surface area contributed by atoms with E-state index in [1.165, 1.54) is 5.56 Å². The maximum atomic E-state index is 5.17. The summed E-state index contributed by atoms with van der Waals surface area (Å²) >= 11 is 0. The normalized spacial score (nSPS) is 11.5. The maximum Gasteiger partial charge on any atom is 0.0589 e. The average molecular weight is 265 g/mol. The Hall–Kier alpha value is -0.970. The Balaban J connectivity index is 2.56. The summed E-state index contributed by atoms with van der Waals surface area (Å²) in [4.78, 5) is 6.93. The van der Waals surface area contributed by atoms with Gasteiger partial charge in [-0.2, -0.15) is 0 Å². The summed E-state index contributed by atoms with van der Waals surface area (Å²) < 4.78 is 5.17. The Kier molecular flexibility index (Phi) is 7.63. The van der Waals surface area contributed by atoms with E-state index in [4.69, 9.17) is 4.74 Å². The van der Waals surface area contributed by atoms with Crippen LogP contribution in [0.3, 0.4) is 0 Å². The van der Waals surface area contributed by atoms with Gasteiger partial charge in [0.05, 0.1) is 12.3 Å². The van der Waals surface area contributed by atoms with Crippen LogP contribution in [0.5, 0.6) is 0 Å². The number of pyridine rings is 1. The lowest BCUT2D eigenvalue weighted by Crippen LogP contribution is -2.31. The Labute approximate surface area is 117 Å². The lowest BCUT2D eigenvalue weighted by molar-refractivity contribution is 0.135. The SMILES string of the molecule is CNCc1ccc(CN(CCOC)CC(C)C)nc1. The molecule has 1 heterocycles. The van der Waals surface area contributed by atoms with Gasteiger partial charge in [0, 0.05) is 39.5 Å². The number of rotatable bonds is 9. The second-order valence-corrected chi connectivity index (χ2v) is 5.31. The molecule has 0 aliphatic rings. The molecule has 0 fully saturated rings. The smallest absolute Gasteiger partial charge is 0.0589 e. The van der Waals surface area contributed by atoms with Gasteiger partial charge in [-0.05, 0) is 24.6 Å². The Morgan fingerprint density at radius 2 is 2.16 bits per heavy atom. The molecule has 0 atom stereocenters. The second kappa shape index (κ2) is 9.02. The number of methoxy groups -OCH3 is 1. The van der Waals surface area contributed by atoms with Crippen molar-refractivity contribution in [3.63, 3.8) is 0 Å². The van der Waals surface area contributed by atoms with Crippen molar-refractivity contribution in [3.05, 3.63) is 29.6 Å². The van der Waals surface area contributed by atoms with Crippen LogP contribution in [0.1, 0.15) is 25.1 Å². The van der Waals surface area contributed by atoms with Crippen molar-refractivity contribution in [1.29, 1.82) is 0 Å².